The first-order valence-corrected chi connectivity index (χ1v) is 7.46. The van der Waals surface area contributed by atoms with Gasteiger partial charge in [0.25, 0.3) is 0 Å². The highest BCUT2D eigenvalue weighted by atomic mass is 32.1. The summed E-state index contributed by atoms with van der Waals surface area (Å²) in [5.41, 5.74) is 2.06. The van der Waals surface area contributed by atoms with Crippen molar-refractivity contribution in [2.45, 2.75) is 19.8 Å². The molecule has 0 saturated heterocycles. The average Bonchev–Trinajstić information content (AvgIpc) is 2.96. The predicted molar refractivity (Wildman–Crippen MR) is 81.1 cm³/mol. The molecule has 0 aliphatic carbocycles. The van der Waals surface area contributed by atoms with Gasteiger partial charge in [0, 0.05) is 30.3 Å². The largest absolute Gasteiger partial charge is 0.497 e. The standard InChI is InChI=1S/C15H18N2O2S/c1-3-14(18)16-8-7-12-10-20-15(17-12)11-5-4-6-13(9-11)19-2/h4-6,9-10H,3,7-8H2,1-2H3,(H,16,18). The van der Waals surface area contributed by atoms with Gasteiger partial charge in [0.05, 0.1) is 12.8 Å². The number of hydrogen-bond acceptors (Lipinski definition) is 4. The Morgan fingerprint density at radius 3 is 3.05 bits per heavy atom. The van der Waals surface area contributed by atoms with Crippen LogP contribution in [0.2, 0.25) is 0 Å². The van der Waals surface area contributed by atoms with E-state index in [4.69, 9.17) is 4.74 Å². The van der Waals surface area contributed by atoms with Crippen LogP contribution in [0.1, 0.15) is 19.0 Å². The molecule has 0 bridgehead atoms. The number of hydrogen-bond donors (Lipinski definition) is 1. The van der Waals surface area contributed by atoms with Crippen LogP contribution in [0.3, 0.4) is 0 Å². The van der Waals surface area contributed by atoms with Gasteiger partial charge in [0.1, 0.15) is 10.8 Å². The molecule has 1 heterocycles. The van der Waals surface area contributed by atoms with E-state index in [1.54, 1.807) is 18.4 Å². The van der Waals surface area contributed by atoms with Crippen molar-refractivity contribution in [2.75, 3.05) is 13.7 Å². The Bertz CT molecular complexity index is 581. The first kappa shape index (κ1) is 14.5. The zero-order chi connectivity index (χ0) is 14.4. The second-order valence-corrected chi connectivity index (χ2v) is 5.19. The van der Waals surface area contributed by atoms with E-state index in [1.807, 2.05) is 36.6 Å². The van der Waals surface area contributed by atoms with Gasteiger partial charge < -0.3 is 10.1 Å². The SMILES string of the molecule is CCC(=O)NCCc1csc(-c2cccc(OC)c2)n1. The van der Waals surface area contributed by atoms with Gasteiger partial charge in [-0.3, -0.25) is 4.79 Å². The Labute approximate surface area is 122 Å². The number of ether oxygens (including phenoxy) is 1. The third-order valence-electron chi connectivity index (χ3n) is 2.89. The fourth-order valence-corrected chi connectivity index (χ4v) is 2.62. The Morgan fingerprint density at radius 1 is 1.45 bits per heavy atom. The minimum Gasteiger partial charge on any atom is -0.497 e. The number of carbonyl (C=O) groups excluding carboxylic acids is 1. The molecular weight excluding hydrogens is 272 g/mol. The summed E-state index contributed by atoms with van der Waals surface area (Å²) >= 11 is 1.61. The first-order valence-electron chi connectivity index (χ1n) is 6.58. The maximum atomic E-state index is 11.2. The molecule has 106 valence electrons. The molecule has 0 spiro atoms. The number of rotatable bonds is 6. The molecule has 0 saturated carbocycles. The summed E-state index contributed by atoms with van der Waals surface area (Å²) in [5.74, 6) is 0.905. The average molecular weight is 290 g/mol. The summed E-state index contributed by atoms with van der Waals surface area (Å²) in [7, 11) is 1.66. The highest BCUT2D eigenvalue weighted by molar-refractivity contribution is 7.13. The van der Waals surface area contributed by atoms with Crippen molar-refractivity contribution in [1.29, 1.82) is 0 Å². The molecule has 1 amide bonds. The smallest absolute Gasteiger partial charge is 0.219 e. The number of methoxy groups -OCH3 is 1. The third kappa shape index (κ3) is 3.81. The topological polar surface area (TPSA) is 51.2 Å². The van der Waals surface area contributed by atoms with Crippen LogP contribution in [0.4, 0.5) is 0 Å². The highest BCUT2D eigenvalue weighted by Crippen LogP contribution is 2.26. The van der Waals surface area contributed by atoms with Crippen LogP contribution < -0.4 is 10.1 Å². The first-order chi connectivity index (χ1) is 9.72. The summed E-state index contributed by atoms with van der Waals surface area (Å²) in [6, 6.07) is 7.86. The van der Waals surface area contributed by atoms with Crippen LogP contribution in [0.25, 0.3) is 10.6 Å². The quantitative estimate of drug-likeness (QED) is 0.890. The summed E-state index contributed by atoms with van der Waals surface area (Å²) in [5, 5.41) is 5.86. The zero-order valence-corrected chi connectivity index (χ0v) is 12.5. The van der Waals surface area contributed by atoms with Crippen molar-refractivity contribution >= 4 is 17.2 Å². The fraction of sp³-hybridized carbons (Fsp3) is 0.333. The van der Waals surface area contributed by atoms with Crippen molar-refractivity contribution in [3.8, 4) is 16.3 Å². The number of amides is 1. The maximum absolute atomic E-state index is 11.2. The van der Waals surface area contributed by atoms with Gasteiger partial charge >= 0.3 is 0 Å². The van der Waals surface area contributed by atoms with E-state index in [2.05, 4.69) is 10.3 Å². The molecule has 0 aliphatic heterocycles. The van der Waals surface area contributed by atoms with Crippen LogP contribution >= 0.6 is 11.3 Å². The maximum Gasteiger partial charge on any atom is 0.219 e. The van der Waals surface area contributed by atoms with E-state index in [1.165, 1.54) is 0 Å². The van der Waals surface area contributed by atoms with E-state index < -0.39 is 0 Å². The van der Waals surface area contributed by atoms with Crippen LogP contribution in [-0.4, -0.2) is 24.5 Å². The third-order valence-corrected chi connectivity index (χ3v) is 3.83. The number of benzene rings is 1. The zero-order valence-electron chi connectivity index (χ0n) is 11.7. The molecule has 5 heteroatoms. The minimum atomic E-state index is 0.0771. The monoisotopic (exact) mass is 290 g/mol. The van der Waals surface area contributed by atoms with Crippen LogP contribution in [0.5, 0.6) is 5.75 Å². The number of nitrogens with zero attached hydrogens (tertiary/aromatic N) is 1. The number of thiazole rings is 1. The van der Waals surface area contributed by atoms with Gasteiger partial charge in [-0.2, -0.15) is 0 Å². The Balaban J connectivity index is 1.99. The second-order valence-electron chi connectivity index (χ2n) is 4.33. The molecule has 2 aromatic rings. The summed E-state index contributed by atoms with van der Waals surface area (Å²) in [6.07, 6.45) is 1.28. The van der Waals surface area contributed by atoms with Crippen molar-refractivity contribution in [1.82, 2.24) is 10.3 Å². The van der Waals surface area contributed by atoms with Crippen LogP contribution in [0.15, 0.2) is 29.6 Å². The van der Waals surface area contributed by atoms with Gasteiger partial charge in [0.15, 0.2) is 0 Å². The Kier molecular flexibility index (Phi) is 5.12. The van der Waals surface area contributed by atoms with E-state index in [0.29, 0.717) is 13.0 Å². The lowest BCUT2D eigenvalue weighted by atomic mass is 10.2. The minimum absolute atomic E-state index is 0.0771. The molecule has 4 nitrogen and oxygen atoms in total. The molecule has 0 unspecified atom stereocenters. The molecule has 2 rings (SSSR count). The molecular formula is C15H18N2O2S. The highest BCUT2D eigenvalue weighted by Gasteiger charge is 2.06. The fourth-order valence-electron chi connectivity index (χ4n) is 1.77. The normalized spacial score (nSPS) is 10.3. The number of nitrogens with one attached hydrogen (secondary N) is 1. The second kappa shape index (κ2) is 7.05. The van der Waals surface area contributed by atoms with Gasteiger partial charge in [-0.05, 0) is 12.1 Å². The van der Waals surface area contributed by atoms with E-state index in [0.717, 1.165) is 28.4 Å². The van der Waals surface area contributed by atoms with E-state index in [9.17, 15) is 4.79 Å². The van der Waals surface area contributed by atoms with Crippen molar-refractivity contribution in [3.63, 3.8) is 0 Å². The Hall–Kier alpha value is -1.88. The molecule has 1 N–H and O–H groups in total. The van der Waals surface area contributed by atoms with Gasteiger partial charge in [-0.15, -0.1) is 11.3 Å². The molecule has 20 heavy (non-hydrogen) atoms. The van der Waals surface area contributed by atoms with Crippen molar-refractivity contribution < 1.29 is 9.53 Å². The van der Waals surface area contributed by atoms with Crippen molar-refractivity contribution in [3.05, 3.63) is 35.3 Å². The predicted octanol–water partition coefficient (Wildman–Crippen LogP) is 2.89. The van der Waals surface area contributed by atoms with Gasteiger partial charge in [-0.25, -0.2) is 4.98 Å². The van der Waals surface area contributed by atoms with Crippen LogP contribution in [0, 0.1) is 0 Å². The Morgan fingerprint density at radius 2 is 2.30 bits per heavy atom. The van der Waals surface area contributed by atoms with E-state index >= 15 is 0 Å². The molecule has 0 aliphatic rings. The van der Waals surface area contributed by atoms with E-state index in [-0.39, 0.29) is 5.91 Å². The lowest BCUT2D eigenvalue weighted by Gasteiger charge is -2.02. The molecule has 0 fully saturated rings. The van der Waals surface area contributed by atoms with Crippen molar-refractivity contribution in [2.24, 2.45) is 0 Å². The molecule has 0 atom stereocenters. The summed E-state index contributed by atoms with van der Waals surface area (Å²) < 4.78 is 5.22. The van der Waals surface area contributed by atoms with Crippen LogP contribution in [-0.2, 0) is 11.2 Å². The summed E-state index contributed by atoms with van der Waals surface area (Å²) in [6.45, 7) is 2.48. The number of carbonyl (C=O) groups is 1. The number of aromatic nitrogens is 1. The lowest BCUT2D eigenvalue weighted by Crippen LogP contribution is -2.24. The molecule has 1 aromatic carbocycles. The lowest BCUT2D eigenvalue weighted by molar-refractivity contribution is -0.120. The van der Waals surface area contributed by atoms with Gasteiger partial charge in [0.2, 0.25) is 5.91 Å². The van der Waals surface area contributed by atoms with Gasteiger partial charge in [-0.1, -0.05) is 19.1 Å². The molecule has 1 aromatic heterocycles. The molecule has 0 radical (unpaired) electrons. The summed E-state index contributed by atoms with van der Waals surface area (Å²) in [4.78, 5) is 15.7.